The topological polar surface area (TPSA) is 98.4 Å². The summed E-state index contributed by atoms with van der Waals surface area (Å²) in [4.78, 5) is 30.9. The van der Waals surface area contributed by atoms with Gasteiger partial charge < -0.3 is 20.5 Å². The summed E-state index contributed by atoms with van der Waals surface area (Å²) < 4.78 is 40.6. The van der Waals surface area contributed by atoms with Crippen molar-refractivity contribution < 1.29 is 22.8 Å². The molecule has 0 atom stereocenters. The molecule has 0 radical (unpaired) electrons. The maximum absolute atomic E-state index is 13.6. The number of carbonyl (C=O) groups is 1. The number of rotatable bonds is 11. The van der Waals surface area contributed by atoms with Crippen LogP contribution in [0, 0.1) is 0 Å². The summed E-state index contributed by atoms with van der Waals surface area (Å²) in [6.45, 7) is 1.01. The number of nitrogens with zero attached hydrogens (tertiary/aromatic N) is 4. The van der Waals surface area contributed by atoms with Gasteiger partial charge in [-0.1, -0.05) is 36.9 Å². The van der Waals surface area contributed by atoms with Gasteiger partial charge in [0, 0.05) is 42.8 Å². The van der Waals surface area contributed by atoms with Crippen LogP contribution in [0.15, 0.2) is 73.3 Å². The Morgan fingerprint density at radius 3 is 2.63 bits per heavy atom. The second-order valence-corrected chi connectivity index (χ2v) is 8.21. The molecule has 4 rings (SSSR count). The number of amides is 1. The molecule has 1 amide bonds. The number of hydrogen-bond donors (Lipinski definition) is 3. The van der Waals surface area contributed by atoms with Crippen LogP contribution in [0.1, 0.15) is 0 Å². The first-order valence-electron chi connectivity index (χ1n) is 11.6. The number of para-hydroxylation sites is 3. The summed E-state index contributed by atoms with van der Waals surface area (Å²) in [6, 6.07) is 13.5. The van der Waals surface area contributed by atoms with Gasteiger partial charge in [-0.05, 0) is 25.2 Å². The molecule has 0 aliphatic rings. The number of aromatic nitrogens is 3. The fourth-order valence-corrected chi connectivity index (χ4v) is 3.85. The van der Waals surface area contributed by atoms with Crippen LogP contribution >= 0.6 is 0 Å². The molecule has 198 valence electrons. The third-order valence-electron chi connectivity index (χ3n) is 5.69. The molecule has 2 heterocycles. The molecule has 0 saturated carbocycles. The Hall–Kier alpha value is -4.42. The second-order valence-electron chi connectivity index (χ2n) is 8.21. The van der Waals surface area contributed by atoms with Crippen molar-refractivity contribution in [1.29, 1.82) is 0 Å². The van der Waals surface area contributed by atoms with Crippen LogP contribution in [0.2, 0.25) is 0 Å². The minimum Gasteiger partial charge on any atom is -0.370 e. The Kier molecular flexibility index (Phi) is 8.24. The Morgan fingerprint density at radius 1 is 1.16 bits per heavy atom. The number of nitrogens with one attached hydrogen (secondary N) is 3. The molecule has 3 N–H and O–H groups in total. The number of halogens is 3. The largest absolute Gasteiger partial charge is 0.370 e. The molecule has 0 spiro atoms. The standard InChI is InChI=1S/C26H26F3N7O2/c1-16(27)24(37)33-20-10-6-7-11-21(20)36(38-25(28)29)26-32-15-22(35(3)13-12-30-2)23(34-26)18-14-31-19-9-5-4-8-17(18)19/h4-11,14-15,25,30-31H,1,12-13H2,2-3H3,(H,33,37). The van der Waals surface area contributed by atoms with Gasteiger partial charge in [-0.3, -0.25) is 4.79 Å². The van der Waals surface area contributed by atoms with Crippen molar-refractivity contribution in [1.82, 2.24) is 20.3 Å². The van der Waals surface area contributed by atoms with Gasteiger partial charge in [-0.25, -0.2) is 14.4 Å². The van der Waals surface area contributed by atoms with Gasteiger partial charge in [0.15, 0.2) is 5.83 Å². The van der Waals surface area contributed by atoms with E-state index in [2.05, 4.69) is 32.2 Å². The SMILES string of the molecule is C=C(F)C(=O)Nc1ccccc1N(OC(F)F)c1ncc(N(C)CCNC)c(-c2c[nH]c3ccccc23)n1. The van der Waals surface area contributed by atoms with E-state index in [4.69, 9.17) is 4.84 Å². The van der Waals surface area contributed by atoms with E-state index in [1.54, 1.807) is 12.3 Å². The summed E-state index contributed by atoms with van der Waals surface area (Å²) in [5.41, 5.74) is 2.66. The molecule has 2 aromatic heterocycles. The van der Waals surface area contributed by atoms with Crippen molar-refractivity contribution in [2.75, 3.05) is 42.5 Å². The molecule has 0 aliphatic heterocycles. The second kappa shape index (κ2) is 11.8. The van der Waals surface area contributed by atoms with Gasteiger partial charge in [-0.2, -0.15) is 18.7 Å². The molecule has 0 unspecified atom stereocenters. The first kappa shape index (κ1) is 26.6. The van der Waals surface area contributed by atoms with Crippen LogP contribution in [0.5, 0.6) is 0 Å². The molecular weight excluding hydrogens is 499 g/mol. The average Bonchev–Trinajstić information content (AvgIpc) is 3.34. The zero-order valence-electron chi connectivity index (χ0n) is 20.7. The lowest BCUT2D eigenvalue weighted by molar-refractivity contribution is -0.130. The molecule has 9 nitrogen and oxygen atoms in total. The zero-order chi connectivity index (χ0) is 27.2. The van der Waals surface area contributed by atoms with Crippen LogP contribution in [-0.4, -0.2) is 54.7 Å². The summed E-state index contributed by atoms with van der Waals surface area (Å²) >= 11 is 0. The van der Waals surface area contributed by atoms with Crippen LogP contribution in [0.25, 0.3) is 22.2 Å². The number of fused-ring (bicyclic) bond motifs is 1. The number of carbonyl (C=O) groups excluding carboxylic acids is 1. The van der Waals surface area contributed by atoms with Crippen molar-refractivity contribution in [3.8, 4) is 11.3 Å². The highest BCUT2D eigenvalue weighted by Crippen LogP contribution is 2.37. The quantitative estimate of drug-likeness (QED) is 0.187. The van der Waals surface area contributed by atoms with Gasteiger partial charge in [-0.15, -0.1) is 0 Å². The van der Waals surface area contributed by atoms with E-state index < -0.39 is 18.3 Å². The molecular formula is C26H26F3N7O2. The van der Waals surface area contributed by atoms with Gasteiger partial charge >= 0.3 is 6.61 Å². The van der Waals surface area contributed by atoms with Crippen molar-refractivity contribution in [3.63, 3.8) is 0 Å². The van der Waals surface area contributed by atoms with E-state index in [1.165, 1.54) is 24.4 Å². The van der Waals surface area contributed by atoms with Crippen molar-refractivity contribution in [2.45, 2.75) is 6.61 Å². The fourth-order valence-electron chi connectivity index (χ4n) is 3.85. The number of alkyl halides is 2. The number of H-pyrrole nitrogens is 1. The highest BCUT2D eigenvalue weighted by Gasteiger charge is 2.25. The Morgan fingerprint density at radius 2 is 1.89 bits per heavy atom. The van der Waals surface area contributed by atoms with E-state index in [9.17, 15) is 18.0 Å². The van der Waals surface area contributed by atoms with Gasteiger partial charge in [0.05, 0.1) is 23.3 Å². The first-order chi connectivity index (χ1) is 18.3. The van der Waals surface area contributed by atoms with Crippen molar-refractivity contribution in [3.05, 3.63) is 73.3 Å². The van der Waals surface area contributed by atoms with Crippen molar-refractivity contribution in [2.24, 2.45) is 0 Å². The Bertz CT molecular complexity index is 1440. The third-order valence-corrected chi connectivity index (χ3v) is 5.69. The molecule has 12 heteroatoms. The lowest BCUT2D eigenvalue weighted by Gasteiger charge is -2.26. The summed E-state index contributed by atoms with van der Waals surface area (Å²) in [6.07, 6.45) is 3.30. The highest BCUT2D eigenvalue weighted by molar-refractivity contribution is 6.04. The maximum Gasteiger partial charge on any atom is 0.365 e. The molecule has 2 aromatic carbocycles. The monoisotopic (exact) mass is 525 g/mol. The zero-order valence-corrected chi connectivity index (χ0v) is 20.7. The fraction of sp³-hybridized carbons (Fsp3) is 0.192. The molecule has 4 aromatic rings. The van der Waals surface area contributed by atoms with Crippen LogP contribution in [-0.2, 0) is 9.63 Å². The van der Waals surface area contributed by atoms with Crippen LogP contribution in [0.4, 0.5) is 36.2 Å². The third kappa shape index (κ3) is 5.76. The molecule has 0 bridgehead atoms. The van der Waals surface area contributed by atoms with E-state index in [0.717, 1.165) is 16.5 Å². The number of aromatic amines is 1. The number of hydrogen-bond acceptors (Lipinski definition) is 7. The average molecular weight is 526 g/mol. The minimum absolute atomic E-state index is 0.00981. The smallest absolute Gasteiger partial charge is 0.365 e. The van der Waals surface area contributed by atoms with E-state index in [0.29, 0.717) is 29.5 Å². The predicted octanol–water partition coefficient (Wildman–Crippen LogP) is 4.99. The normalized spacial score (nSPS) is 11.1. The lowest BCUT2D eigenvalue weighted by Crippen LogP contribution is -2.29. The number of anilines is 4. The molecule has 0 aliphatic carbocycles. The van der Waals surface area contributed by atoms with Gasteiger partial charge in [0.25, 0.3) is 11.9 Å². The lowest BCUT2D eigenvalue weighted by atomic mass is 10.1. The molecule has 38 heavy (non-hydrogen) atoms. The van der Waals surface area contributed by atoms with E-state index >= 15 is 0 Å². The van der Waals surface area contributed by atoms with E-state index in [1.807, 2.05) is 43.3 Å². The predicted molar refractivity (Wildman–Crippen MR) is 141 cm³/mol. The van der Waals surface area contributed by atoms with Gasteiger partial charge in [0.2, 0.25) is 0 Å². The van der Waals surface area contributed by atoms with Crippen LogP contribution < -0.4 is 20.6 Å². The van der Waals surface area contributed by atoms with Crippen LogP contribution in [0.3, 0.4) is 0 Å². The molecule has 0 saturated heterocycles. The Labute approximate surface area is 216 Å². The van der Waals surface area contributed by atoms with E-state index in [-0.39, 0.29) is 17.3 Å². The highest BCUT2D eigenvalue weighted by atomic mass is 19.3. The van der Waals surface area contributed by atoms with Gasteiger partial charge in [0.1, 0.15) is 5.69 Å². The summed E-state index contributed by atoms with van der Waals surface area (Å²) in [5.74, 6) is -2.60. The summed E-state index contributed by atoms with van der Waals surface area (Å²) in [7, 11) is 3.71. The maximum atomic E-state index is 13.6. The number of likely N-dealkylation sites (N-methyl/N-ethyl adjacent to an activating group) is 2. The first-order valence-corrected chi connectivity index (χ1v) is 11.6. The molecule has 0 fully saturated rings. The Balaban J connectivity index is 1.87. The summed E-state index contributed by atoms with van der Waals surface area (Å²) in [5, 5.41) is 6.96. The minimum atomic E-state index is -3.26. The number of benzene rings is 2. The van der Waals surface area contributed by atoms with Crippen molar-refractivity contribution >= 4 is 39.8 Å².